The van der Waals surface area contributed by atoms with Crippen LogP contribution in [0.2, 0.25) is 0 Å². The maximum Gasteiger partial charge on any atom is 0.407 e. The van der Waals surface area contributed by atoms with Gasteiger partial charge in [0.05, 0.1) is 23.6 Å². The summed E-state index contributed by atoms with van der Waals surface area (Å²) in [7, 11) is 0. The summed E-state index contributed by atoms with van der Waals surface area (Å²) in [5.41, 5.74) is 1.05. The predicted octanol–water partition coefficient (Wildman–Crippen LogP) is 1.87. The maximum atomic E-state index is 13.4. The van der Waals surface area contributed by atoms with Crippen molar-refractivity contribution >= 4 is 12.0 Å². The standard InChI is InChI=1S/C18H21N5O3/c1-13-10-21(17(25)26)11-18(6-7-18)12-22(13)16(24)14-4-2-3-5-15(14)23-19-8-9-20-23/h2-5,8-9,13H,6-7,10-12H2,1H3,(H,25,26)/t13-/m0/s1. The van der Waals surface area contributed by atoms with Crippen LogP contribution in [0.4, 0.5) is 4.79 Å². The van der Waals surface area contributed by atoms with Gasteiger partial charge in [0.25, 0.3) is 5.91 Å². The van der Waals surface area contributed by atoms with Gasteiger partial charge in [-0.25, -0.2) is 4.79 Å². The van der Waals surface area contributed by atoms with Crippen LogP contribution in [0.15, 0.2) is 36.7 Å². The molecular weight excluding hydrogens is 334 g/mol. The van der Waals surface area contributed by atoms with Gasteiger partial charge < -0.3 is 14.9 Å². The lowest BCUT2D eigenvalue weighted by molar-refractivity contribution is 0.0668. The first-order chi connectivity index (χ1) is 12.5. The number of benzene rings is 1. The van der Waals surface area contributed by atoms with Crippen molar-refractivity contribution in [3.05, 3.63) is 42.2 Å². The van der Waals surface area contributed by atoms with Crippen molar-refractivity contribution in [3.8, 4) is 5.69 Å². The molecule has 0 unspecified atom stereocenters. The summed E-state index contributed by atoms with van der Waals surface area (Å²) in [6.45, 7) is 3.31. The molecule has 8 nitrogen and oxygen atoms in total. The van der Waals surface area contributed by atoms with Gasteiger partial charge in [0.15, 0.2) is 0 Å². The molecule has 1 aliphatic carbocycles. The number of carboxylic acid groups (broad SMARTS) is 1. The second kappa shape index (κ2) is 6.12. The number of hydrogen-bond acceptors (Lipinski definition) is 4. The molecule has 1 aliphatic heterocycles. The van der Waals surface area contributed by atoms with Crippen LogP contribution in [0.3, 0.4) is 0 Å². The van der Waals surface area contributed by atoms with Crippen LogP contribution in [-0.2, 0) is 0 Å². The molecule has 1 aromatic heterocycles. The fourth-order valence-corrected chi connectivity index (χ4v) is 3.69. The molecule has 4 rings (SSSR count). The number of para-hydroxylation sites is 1. The number of aromatic nitrogens is 3. The summed E-state index contributed by atoms with van der Waals surface area (Å²) in [5.74, 6) is -0.107. The topological polar surface area (TPSA) is 91.6 Å². The number of nitrogens with zero attached hydrogens (tertiary/aromatic N) is 5. The third-order valence-corrected chi connectivity index (χ3v) is 5.31. The summed E-state index contributed by atoms with van der Waals surface area (Å²) < 4.78 is 0. The van der Waals surface area contributed by atoms with Crippen molar-refractivity contribution in [1.29, 1.82) is 0 Å². The fourth-order valence-electron chi connectivity index (χ4n) is 3.69. The molecule has 0 radical (unpaired) electrons. The zero-order chi connectivity index (χ0) is 18.3. The molecule has 2 aromatic rings. The van der Waals surface area contributed by atoms with Gasteiger partial charge >= 0.3 is 6.09 Å². The molecule has 2 heterocycles. The molecular formula is C18H21N5O3. The summed E-state index contributed by atoms with van der Waals surface area (Å²) in [4.78, 5) is 29.6. The fraction of sp³-hybridized carbons (Fsp3) is 0.444. The highest BCUT2D eigenvalue weighted by Gasteiger charge is 2.50. The molecule has 2 fully saturated rings. The molecule has 0 bridgehead atoms. The lowest BCUT2D eigenvalue weighted by atomic mass is 10.1. The minimum absolute atomic E-state index is 0.0995. The largest absolute Gasteiger partial charge is 0.465 e. The van der Waals surface area contributed by atoms with Crippen molar-refractivity contribution in [2.24, 2.45) is 5.41 Å². The molecule has 2 aliphatic rings. The van der Waals surface area contributed by atoms with E-state index in [2.05, 4.69) is 10.2 Å². The SMILES string of the molecule is C[C@H]1CN(C(=O)O)CC2(CC2)CN1C(=O)c1ccccc1-n1nccn1. The van der Waals surface area contributed by atoms with E-state index < -0.39 is 6.09 Å². The van der Waals surface area contributed by atoms with Crippen LogP contribution in [0, 0.1) is 5.41 Å². The minimum Gasteiger partial charge on any atom is -0.465 e. The first-order valence-corrected chi connectivity index (χ1v) is 8.74. The van der Waals surface area contributed by atoms with Crippen molar-refractivity contribution in [1.82, 2.24) is 24.8 Å². The number of amides is 2. The quantitative estimate of drug-likeness (QED) is 0.888. The van der Waals surface area contributed by atoms with E-state index in [-0.39, 0.29) is 17.4 Å². The molecule has 1 saturated carbocycles. The summed E-state index contributed by atoms with van der Waals surface area (Å²) in [6, 6.07) is 7.05. The van der Waals surface area contributed by atoms with E-state index in [1.165, 1.54) is 9.70 Å². The highest BCUT2D eigenvalue weighted by atomic mass is 16.4. The third kappa shape index (κ3) is 2.91. The highest BCUT2D eigenvalue weighted by Crippen LogP contribution is 2.48. The van der Waals surface area contributed by atoms with E-state index in [4.69, 9.17) is 0 Å². The van der Waals surface area contributed by atoms with Gasteiger partial charge in [-0.3, -0.25) is 4.79 Å². The van der Waals surface area contributed by atoms with Gasteiger partial charge in [-0.05, 0) is 31.9 Å². The van der Waals surface area contributed by atoms with Crippen LogP contribution in [0.1, 0.15) is 30.1 Å². The van der Waals surface area contributed by atoms with E-state index in [0.29, 0.717) is 30.9 Å². The Morgan fingerprint density at radius 3 is 2.50 bits per heavy atom. The summed E-state index contributed by atoms with van der Waals surface area (Å²) >= 11 is 0. The Bertz CT molecular complexity index is 831. The molecule has 1 aromatic carbocycles. The zero-order valence-electron chi connectivity index (χ0n) is 14.6. The van der Waals surface area contributed by atoms with Crippen LogP contribution >= 0.6 is 0 Å². The van der Waals surface area contributed by atoms with Crippen LogP contribution in [-0.4, -0.2) is 67.6 Å². The Balaban J connectivity index is 1.67. The van der Waals surface area contributed by atoms with E-state index in [1.807, 2.05) is 30.0 Å². The Labute approximate surface area is 151 Å². The van der Waals surface area contributed by atoms with Crippen molar-refractivity contribution < 1.29 is 14.7 Å². The third-order valence-electron chi connectivity index (χ3n) is 5.31. The number of carbonyl (C=O) groups is 2. The smallest absolute Gasteiger partial charge is 0.407 e. The van der Waals surface area contributed by atoms with Crippen molar-refractivity contribution in [3.63, 3.8) is 0 Å². The van der Waals surface area contributed by atoms with Gasteiger partial charge in [-0.2, -0.15) is 15.0 Å². The van der Waals surface area contributed by atoms with Crippen molar-refractivity contribution in [2.75, 3.05) is 19.6 Å². The Morgan fingerprint density at radius 2 is 1.85 bits per heavy atom. The van der Waals surface area contributed by atoms with Crippen molar-refractivity contribution in [2.45, 2.75) is 25.8 Å². The van der Waals surface area contributed by atoms with Gasteiger partial charge in [-0.15, -0.1) is 0 Å². The normalized spacial score (nSPS) is 21.5. The summed E-state index contributed by atoms with van der Waals surface area (Å²) in [6.07, 6.45) is 4.13. The van der Waals surface area contributed by atoms with E-state index >= 15 is 0 Å². The highest BCUT2D eigenvalue weighted by molar-refractivity contribution is 5.98. The van der Waals surface area contributed by atoms with Crippen LogP contribution in [0.25, 0.3) is 5.69 Å². The average molecular weight is 355 g/mol. The molecule has 1 atom stereocenters. The van der Waals surface area contributed by atoms with Gasteiger partial charge in [0.1, 0.15) is 0 Å². The maximum absolute atomic E-state index is 13.4. The minimum atomic E-state index is -0.918. The average Bonchev–Trinajstić information content (AvgIpc) is 3.21. The first kappa shape index (κ1) is 16.6. The molecule has 136 valence electrons. The molecule has 26 heavy (non-hydrogen) atoms. The Hall–Kier alpha value is -2.90. The first-order valence-electron chi connectivity index (χ1n) is 8.74. The van der Waals surface area contributed by atoms with Gasteiger partial charge in [0.2, 0.25) is 0 Å². The van der Waals surface area contributed by atoms with Gasteiger partial charge in [-0.1, -0.05) is 12.1 Å². The van der Waals surface area contributed by atoms with E-state index in [9.17, 15) is 14.7 Å². The lowest BCUT2D eigenvalue weighted by Crippen LogP contribution is -2.44. The van der Waals surface area contributed by atoms with E-state index in [1.54, 1.807) is 18.5 Å². The molecule has 8 heteroatoms. The second-order valence-corrected chi connectivity index (χ2v) is 7.28. The predicted molar refractivity (Wildman–Crippen MR) is 93.1 cm³/mol. The number of carbonyl (C=O) groups excluding carboxylic acids is 1. The monoisotopic (exact) mass is 355 g/mol. The number of hydrogen-bond donors (Lipinski definition) is 1. The lowest BCUT2D eigenvalue weighted by Gasteiger charge is -2.29. The molecule has 1 spiro atoms. The Morgan fingerprint density at radius 1 is 1.15 bits per heavy atom. The van der Waals surface area contributed by atoms with Crippen LogP contribution in [0.5, 0.6) is 0 Å². The molecule has 1 N–H and O–H groups in total. The van der Waals surface area contributed by atoms with E-state index in [0.717, 1.165) is 12.8 Å². The number of rotatable bonds is 2. The van der Waals surface area contributed by atoms with Gasteiger partial charge in [0, 0.05) is 31.1 Å². The zero-order valence-corrected chi connectivity index (χ0v) is 14.6. The molecule has 2 amide bonds. The Kier molecular flexibility index (Phi) is 3.90. The van der Waals surface area contributed by atoms with Crippen LogP contribution < -0.4 is 0 Å². The second-order valence-electron chi connectivity index (χ2n) is 7.28. The summed E-state index contributed by atoms with van der Waals surface area (Å²) in [5, 5.41) is 17.7. The molecule has 1 saturated heterocycles.